The zero-order valence-corrected chi connectivity index (χ0v) is 18.6. The molecular weight excluding hydrogens is 410 g/mol. The van der Waals surface area contributed by atoms with Crippen molar-refractivity contribution in [3.63, 3.8) is 0 Å². The molecule has 1 saturated heterocycles. The minimum absolute atomic E-state index is 0.00220. The molecule has 164 valence electrons. The monoisotopic (exact) mass is 439 g/mol. The highest BCUT2D eigenvalue weighted by Gasteiger charge is 2.53. The largest absolute Gasteiger partial charge is 0.338 e. The number of hydrogen-bond donors (Lipinski definition) is 1. The second kappa shape index (κ2) is 7.78. The van der Waals surface area contributed by atoms with E-state index in [-0.39, 0.29) is 11.3 Å². The summed E-state index contributed by atoms with van der Waals surface area (Å²) in [6, 6.07) is 1.83. The van der Waals surface area contributed by atoms with Crippen molar-refractivity contribution in [3.8, 4) is 0 Å². The van der Waals surface area contributed by atoms with Gasteiger partial charge < -0.3 is 4.90 Å². The first kappa shape index (κ1) is 19.5. The number of nitrogens with one attached hydrogen (secondary N) is 1. The number of piperazine rings is 1. The number of carbonyl (C=O) groups is 1. The fraction of sp³-hybridized carbons (Fsp3) is 0.682. The predicted octanol–water partition coefficient (Wildman–Crippen LogP) is 2.56. The normalized spacial score (nSPS) is 32.4. The van der Waals surface area contributed by atoms with Gasteiger partial charge in [0.05, 0.1) is 6.54 Å². The van der Waals surface area contributed by atoms with Crippen LogP contribution in [0.5, 0.6) is 0 Å². The van der Waals surface area contributed by atoms with Crippen molar-refractivity contribution in [2.45, 2.75) is 43.9 Å². The number of nitrogens with zero attached hydrogens (tertiary/aromatic N) is 6. The van der Waals surface area contributed by atoms with Gasteiger partial charge >= 0.3 is 0 Å². The van der Waals surface area contributed by atoms with E-state index in [0.717, 1.165) is 49.9 Å². The van der Waals surface area contributed by atoms with E-state index in [1.54, 1.807) is 23.7 Å². The lowest BCUT2D eigenvalue weighted by Gasteiger charge is -2.55. The van der Waals surface area contributed by atoms with E-state index in [1.165, 1.54) is 43.5 Å². The number of hydrogen-bond acceptors (Lipinski definition) is 8. The molecule has 7 rings (SSSR count). The highest BCUT2D eigenvalue weighted by Crippen LogP contribution is 2.61. The Hall–Kier alpha value is -2.13. The number of amides is 1. The van der Waals surface area contributed by atoms with Crippen molar-refractivity contribution in [2.24, 2.45) is 17.8 Å². The van der Waals surface area contributed by atoms with Crippen LogP contribution in [0.25, 0.3) is 0 Å². The van der Waals surface area contributed by atoms with Crippen LogP contribution >= 0.6 is 11.3 Å². The van der Waals surface area contributed by atoms with Crippen LogP contribution in [0.2, 0.25) is 0 Å². The van der Waals surface area contributed by atoms with Gasteiger partial charge in [-0.3, -0.25) is 15.0 Å². The van der Waals surface area contributed by atoms with E-state index in [0.29, 0.717) is 11.7 Å². The lowest BCUT2D eigenvalue weighted by Crippen LogP contribution is -2.49. The third-order valence-electron chi connectivity index (χ3n) is 7.74. The maximum Gasteiger partial charge on any atom is 0.240 e. The van der Waals surface area contributed by atoms with Crippen LogP contribution in [0.4, 0.5) is 11.1 Å². The molecule has 1 aliphatic heterocycles. The fourth-order valence-electron chi connectivity index (χ4n) is 6.78. The zero-order chi connectivity index (χ0) is 20.8. The number of aromatic nitrogens is 4. The van der Waals surface area contributed by atoms with E-state index < -0.39 is 0 Å². The summed E-state index contributed by atoms with van der Waals surface area (Å²) in [5.74, 6) is 3.41. The molecule has 1 amide bonds. The average molecular weight is 440 g/mol. The van der Waals surface area contributed by atoms with Crippen LogP contribution < -0.4 is 10.2 Å². The lowest BCUT2D eigenvalue weighted by atomic mass is 9.50. The molecule has 4 bridgehead atoms. The molecule has 0 radical (unpaired) electrons. The van der Waals surface area contributed by atoms with Crippen LogP contribution in [-0.2, 0) is 10.2 Å². The second-order valence-corrected chi connectivity index (χ2v) is 10.9. The molecule has 5 aliphatic rings. The fourth-order valence-corrected chi connectivity index (χ4v) is 7.76. The Bertz CT molecular complexity index is 905. The van der Waals surface area contributed by atoms with Gasteiger partial charge in [-0.1, -0.05) is 11.3 Å². The number of rotatable bonds is 5. The minimum atomic E-state index is -0.00220. The first-order valence-corrected chi connectivity index (χ1v) is 12.3. The highest BCUT2D eigenvalue weighted by atomic mass is 32.1. The summed E-state index contributed by atoms with van der Waals surface area (Å²) in [6.45, 7) is 3.68. The molecule has 2 aromatic heterocycles. The quantitative estimate of drug-likeness (QED) is 0.766. The first-order valence-electron chi connectivity index (χ1n) is 11.5. The summed E-state index contributed by atoms with van der Waals surface area (Å²) in [5, 5.41) is 13.8. The SMILES string of the molecule is O=C(CN1CCN(c2ncccn2)CC1)Nc1nnc(C23CC4CC(CC(C4)C2)C3)s1. The van der Waals surface area contributed by atoms with Crippen LogP contribution in [0.1, 0.15) is 43.5 Å². The van der Waals surface area contributed by atoms with Crippen LogP contribution in [0.15, 0.2) is 18.5 Å². The third kappa shape index (κ3) is 3.82. The van der Waals surface area contributed by atoms with E-state index in [9.17, 15) is 4.79 Å². The summed E-state index contributed by atoms with van der Waals surface area (Å²) in [5.41, 5.74) is 0.241. The molecule has 0 unspecified atom stereocenters. The van der Waals surface area contributed by atoms with Gasteiger partial charge in [-0.25, -0.2) is 9.97 Å². The summed E-state index contributed by atoms with van der Waals surface area (Å²) < 4.78 is 0. The third-order valence-corrected chi connectivity index (χ3v) is 8.82. The molecule has 0 atom stereocenters. The molecule has 0 spiro atoms. The molecule has 0 aromatic carbocycles. The van der Waals surface area contributed by atoms with Gasteiger partial charge in [0, 0.05) is 44.0 Å². The van der Waals surface area contributed by atoms with Crippen molar-refractivity contribution in [1.29, 1.82) is 0 Å². The first-order chi connectivity index (χ1) is 15.1. The van der Waals surface area contributed by atoms with Crippen molar-refractivity contribution < 1.29 is 4.79 Å². The molecule has 31 heavy (non-hydrogen) atoms. The van der Waals surface area contributed by atoms with E-state index in [2.05, 4.69) is 35.3 Å². The van der Waals surface area contributed by atoms with Gasteiger partial charge in [0.25, 0.3) is 0 Å². The Kier molecular flexibility index (Phi) is 4.90. The maximum atomic E-state index is 12.6. The molecule has 5 fully saturated rings. The van der Waals surface area contributed by atoms with Gasteiger partial charge in [0.1, 0.15) is 5.01 Å². The van der Waals surface area contributed by atoms with E-state index in [4.69, 9.17) is 0 Å². The molecule has 4 aliphatic carbocycles. The lowest BCUT2D eigenvalue weighted by molar-refractivity contribution is -0.117. The maximum absolute atomic E-state index is 12.6. The smallest absolute Gasteiger partial charge is 0.240 e. The molecule has 1 N–H and O–H groups in total. The van der Waals surface area contributed by atoms with Gasteiger partial charge in [0.2, 0.25) is 17.0 Å². The standard InChI is InChI=1S/C22H29N7OS/c30-18(14-28-4-6-29(7-5-28)20-23-2-1-3-24-20)25-21-27-26-19(31-21)22-11-15-8-16(12-22)10-17(9-15)13-22/h1-3,15-17H,4-14H2,(H,25,27,30). The Morgan fingerprint density at radius 3 is 2.29 bits per heavy atom. The summed E-state index contributed by atoms with van der Waals surface area (Å²) >= 11 is 1.61. The van der Waals surface area contributed by atoms with E-state index in [1.807, 2.05) is 6.07 Å². The molecular formula is C22H29N7OS. The number of anilines is 2. The van der Waals surface area contributed by atoms with Crippen LogP contribution in [0, 0.1) is 17.8 Å². The minimum Gasteiger partial charge on any atom is -0.338 e. The van der Waals surface area contributed by atoms with Gasteiger partial charge in [-0.2, -0.15) is 0 Å². The van der Waals surface area contributed by atoms with Gasteiger partial charge in [0.15, 0.2) is 0 Å². The summed E-state index contributed by atoms with van der Waals surface area (Å²) in [7, 11) is 0. The topological polar surface area (TPSA) is 87.1 Å². The van der Waals surface area contributed by atoms with Crippen molar-refractivity contribution in [3.05, 3.63) is 23.5 Å². The zero-order valence-electron chi connectivity index (χ0n) is 17.7. The highest BCUT2D eigenvalue weighted by molar-refractivity contribution is 7.15. The summed E-state index contributed by atoms with van der Waals surface area (Å²) in [6.07, 6.45) is 11.6. The van der Waals surface area contributed by atoms with Crippen molar-refractivity contribution >= 4 is 28.3 Å². The number of carbonyl (C=O) groups excluding carboxylic acids is 1. The Balaban J connectivity index is 1.04. The Morgan fingerprint density at radius 2 is 1.65 bits per heavy atom. The Morgan fingerprint density at radius 1 is 1.00 bits per heavy atom. The Labute approximate surface area is 186 Å². The van der Waals surface area contributed by atoms with Crippen LogP contribution in [0.3, 0.4) is 0 Å². The van der Waals surface area contributed by atoms with Gasteiger partial charge in [-0.05, 0) is 62.3 Å². The summed E-state index contributed by atoms with van der Waals surface area (Å²) in [4.78, 5) is 25.6. The predicted molar refractivity (Wildman–Crippen MR) is 119 cm³/mol. The van der Waals surface area contributed by atoms with E-state index >= 15 is 0 Å². The molecule has 4 saturated carbocycles. The molecule has 9 heteroatoms. The van der Waals surface area contributed by atoms with Crippen molar-refractivity contribution in [2.75, 3.05) is 42.9 Å². The molecule has 2 aromatic rings. The second-order valence-electron chi connectivity index (χ2n) is 9.97. The molecule has 3 heterocycles. The average Bonchev–Trinajstić information content (AvgIpc) is 3.23. The van der Waals surface area contributed by atoms with Crippen molar-refractivity contribution in [1.82, 2.24) is 25.1 Å². The van der Waals surface area contributed by atoms with Gasteiger partial charge in [-0.15, -0.1) is 10.2 Å². The molecule has 8 nitrogen and oxygen atoms in total. The van der Waals surface area contributed by atoms with Crippen LogP contribution in [-0.4, -0.2) is 63.7 Å².